The van der Waals surface area contributed by atoms with E-state index in [0.29, 0.717) is 5.91 Å². The van der Waals surface area contributed by atoms with Gasteiger partial charge in [0.2, 0.25) is 5.91 Å². The van der Waals surface area contributed by atoms with Crippen LogP contribution in [0.15, 0.2) is 53.0 Å². The Morgan fingerprint density at radius 1 is 1.19 bits per heavy atom. The normalized spacial score (nSPS) is 23.1. The zero-order valence-corrected chi connectivity index (χ0v) is 16.8. The van der Waals surface area contributed by atoms with Crippen molar-refractivity contribution < 1.29 is 4.79 Å². The van der Waals surface area contributed by atoms with E-state index in [9.17, 15) is 4.79 Å². The van der Waals surface area contributed by atoms with Gasteiger partial charge in [0.1, 0.15) is 0 Å². The number of likely N-dealkylation sites (tertiary alicyclic amines) is 1. The number of carbonyl (C=O) groups excluding carboxylic acids is 1. The van der Waals surface area contributed by atoms with Crippen LogP contribution in [0.3, 0.4) is 0 Å². The van der Waals surface area contributed by atoms with Gasteiger partial charge in [-0.05, 0) is 62.1 Å². The highest BCUT2D eigenvalue weighted by Gasteiger charge is 2.36. The molecule has 4 rings (SSSR count). The molecule has 136 valence electrons. The van der Waals surface area contributed by atoms with E-state index in [-0.39, 0.29) is 12.0 Å². The molecule has 3 nitrogen and oxygen atoms in total. The number of nitrogens with zero attached hydrogens (tertiary/aromatic N) is 2. The summed E-state index contributed by atoms with van der Waals surface area (Å²) in [6.07, 6.45) is 3.04. The molecule has 1 fully saturated rings. The average molecular weight is 413 g/mol. The van der Waals surface area contributed by atoms with Gasteiger partial charge in [-0.3, -0.25) is 9.69 Å². The molecule has 0 aromatic heterocycles. The van der Waals surface area contributed by atoms with Crippen LogP contribution in [-0.2, 0) is 17.8 Å². The van der Waals surface area contributed by atoms with Crippen molar-refractivity contribution in [2.24, 2.45) is 5.92 Å². The smallest absolute Gasteiger partial charge is 0.231 e. The lowest BCUT2D eigenvalue weighted by Gasteiger charge is -2.35. The number of piperidine rings is 1. The Balaban J connectivity index is 1.48. The Morgan fingerprint density at radius 3 is 2.81 bits per heavy atom. The third-order valence-electron chi connectivity index (χ3n) is 5.60. The number of fused-ring (bicyclic) bond motifs is 1. The maximum Gasteiger partial charge on any atom is 0.231 e. The lowest BCUT2D eigenvalue weighted by molar-refractivity contribution is -0.124. The van der Waals surface area contributed by atoms with Crippen LogP contribution >= 0.6 is 15.9 Å². The topological polar surface area (TPSA) is 23.6 Å². The fraction of sp³-hybridized carbons (Fsp3) is 0.409. The van der Waals surface area contributed by atoms with E-state index in [1.54, 1.807) is 0 Å². The molecule has 1 amide bonds. The number of amides is 1. The Hall–Kier alpha value is -1.65. The van der Waals surface area contributed by atoms with Gasteiger partial charge >= 0.3 is 0 Å². The van der Waals surface area contributed by atoms with Crippen LogP contribution in [0.4, 0.5) is 5.69 Å². The van der Waals surface area contributed by atoms with E-state index in [0.717, 1.165) is 49.1 Å². The minimum atomic E-state index is 0.101. The number of benzene rings is 2. The van der Waals surface area contributed by atoms with E-state index in [1.807, 2.05) is 6.07 Å². The highest BCUT2D eigenvalue weighted by molar-refractivity contribution is 9.10. The van der Waals surface area contributed by atoms with Crippen molar-refractivity contribution in [2.75, 3.05) is 18.0 Å². The van der Waals surface area contributed by atoms with Gasteiger partial charge in [0.25, 0.3) is 0 Å². The van der Waals surface area contributed by atoms with Gasteiger partial charge in [0.05, 0.1) is 5.92 Å². The minimum absolute atomic E-state index is 0.101. The first-order valence-electron chi connectivity index (χ1n) is 9.49. The van der Waals surface area contributed by atoms with Crippen molar-refractivity contribution in [3.05, 3.63) is 64.1 Å². The fourth-order valence-electron chi connectivity index (χ4n) is 4.37. The highest BCUT2D eigenvalue weighted by Crippen LogP contribution is 2.36. The molecule has 0 bridgehead atoms. The summed E-state index contributed by atoms with van der Waals surface area (Å²) >= 11 is 3.55. The van der Waals surface area contributed by atoms with E-state index >= 15 is 0 Å². The number of carbonyl (C=O) groups is 1. The monoisotopic (exact) mass is 412 g/mol. The molecule has 4 heteroatoms. The van der Waals surface area contributed by atoms with Gasteiger partial charge < -0.3 is 4.90 Å². The Bertz CT molecular complexity index is 792. The average Bonchev–Trinajstić information content (AvgIpc) is 2.97. The third kappa shape index (κ3) is 3.58. The molecule has 2 aromatic rings. The van der Waals surface area contributed by atoms with Crippen molar-refractivity contribution in [2.45, 2.75) is 38.8 Å². The van der Waals surface area contributed by atoms with Gasteiger partial charge in [0, 0.05) is 29.3 Å². The first-order chi connectivity index (χ1) is 12.6. The van der Waals surface area contributed by atoms with E-state index < -0.39 is 0 Å². The lowest BCUT2D eigenvalue weighted by Crippen LogP contribution is -2.46. The molecule has 2 aromatic carbocycles. The predicted octanol–water partition coefficient (Wildman–Crippen LogP) is 4.64. The van der Waals surface area contributed by atoms with Crippen LogP contribution in [0.25, 0.3) is 0 Å². The van der Waals surface area contributed by atoms with Crippen molar-refractivity contribution in [1.29, 1.82) is 0 Å². The molecule has 0 saturated carbocycles. The summed E-state index contributed by atoms with van der Waals surface area (Å²) in [5.41, 5.74) is 3.70. The molecule has 2 aliphatic rings. The molecule has 2 aliphatic heterocycles. The summed E-state index contributed by atoms with van der Waals surface area (Å²) in [5.74, 6) is 0.404. The molecule has 1 saturated heterocycles. The minimum Gasteiger partial charge on any atom is -0.309 e. The van der Waals surface area contributed by atoms with Crippen LogP contribution in [0, 0.1) is 5.92 Å². The molecule has 0 unspecified atom stereocenters. The maximum atomic E-state index is 13.3. The van der Waals surface area contributed by atoms with Gasteiger partial charge in [-0.25, -0.2) is 0 Å². The summed E-state index contributed by atoms with van der Waals surface area (Å²) in [7, 11) is 0. The summed E-state index contributed by atoms with van der Waals surface area (Å²) in [6.45, 7) is 5.04. The molecule has 0 spiro atoms. The molecule has 2 atom stereocenters. The van der Waals surface area contributed by atoms with Crippen LogP contribution in [-0.4, -0.2) is 29.9 Å². The number of hydrogen-bond acceptors (Lipinski definition) is 2. The Morgan fingerprint density at radius 2 is 2.00 bits per heavy atom. The van der Waals surface area contributed by atoms with E-state index in [4.69, 9.17) is 0 Å². The number of rotatable bonds is 3. The van der Waals surface area contributed by atoms with Crippen molar-refractivity contribution >= 4 is 27.5 Å². The first kappa shape index (κ1) is 17.7. The lowest BCUT2D eigenvalue weighted by atomic mass is 9.95. The van der Waals surface area contributed by atoms with Crippen LogP contribution < -0.4 is 4.90 Å². The SMILES string of the molecule is C[C@H]1Cc2cc(Br)ccc2N1C(=O)[C@H]1CCCN(Cc2ccccc2)C1. The quantitative estimate of drug-likeness (QED) is 0.732. The van der Waals surface area contributed by atoms with Gasteiger partial charge in [0.15, 0.2) is 0 Å². The maximum absolute atomic E-state index is 13.3. The second-order valence-electron chi connectivity index (χ2n) is 7.59. The van der Waals surface area contributed by atoms with Crippen molar-refractivity contribution in [1.82, 2.24) is 4.90 Å². The van der Waals surface area contributed by atoms with Gasteiger partial charge in [-0.2, -0.15) is 0 Å². The molecule has 0 aliphatic carbocycles. The first-order valence-corrected chi connectivity index (χ1v) is 10.3. The molecular weight excluding hydrogens is 388 g/mol. The zero-order chi connectivity index (χ0) is 18.1. The fourth-order valence-corrected chi connectivity index (χ4v) is 4.78. The molecule has 0 radical (unpaired) electrons. The summed E-state index contributed by atoms with van der Waals surface area (Å²) in [6, 6.07) is 17.1. The predicted molar refractivity (Wildman–Crippen MR) is 109 cm³/mol. The zero-order valence-electron chi connectivity index (χ0n) is 15.2. The summed E-state index contributed by atoms with van der Waals surface area (Å²) in [4.78, 5) is 17.8. The summed E-state index contributed by atoms with van der Waals surface area (Å²) in [5, 5.41) is 0. The number of halogens is 1. The molecule has 2 heterocycles. The van der Waals surface area contributed by atoms with Crippen LogP contribution in [0.5, 0.6) is 0 Å². The number of anilines is 1. The van der Waals surface area contributed by atoms with Crippen LogP contribution in [0.2, 0.25) is 0 Å². The molecular formula is C22H25BrN2O. The largest absolute Gasteiger partial charge is 0.309 e. The third-order valence-corrected chi connectivity index (χ3v) is 6.09. The Kier molecular flexibility index (Phi) is 5.14. The van der Waals surface area contributed by atoms with Crippen molar-refractivity contribution in [3.63, 3.8) is 0 Å². The Labute approximate surface area is 164 Å². The highest BCUT2D eigenvalue weighted by atomic mass is 79.9. The molecule has 26 heavy (non-hydrogen) atoms. The van der Waals surface area contributed by atoms with Crippen LogP contribution in [0.1, 0.15) is 30.9 Å². The van der Waals surface area contributed by atoms with Gasteiger partial charge in [-0.15, -0.1) is 0 Å². The van der Waals surface area contributed by atoms with Gasteiger partial charge in [-0.1, -0.05) is 46.3 Å². The molecule has 0 N–H and O–H groups in total. The number of hydrogen-bond donors (Lipinski definition) is 0. The standard InChI is InChI=1S/C22H25BrN2O/c1-16-12-19-13-20(23)9-10-21(19)25(16)22(26)18-8-5-11-24(15-18)14-17-6-3-2-4-7-17/h2-4,6-7,9-10,13,16,18H,5,8,11-12,14-15H2,1H3/t16-,18-/m0/s1. The summed E-state index contributed by atoms with van der Waals surface area (Å²) < 4.78 is 1.09. The second-order valence-corrected chi connectivity index (χ2v) is 8.51. The van der Waals surface area contributed by atoms with E-state index in [1.165, 1.54) is 11.1 Å². The van der Waals surface area contributed by atoms with Crippen molar-refractivity contribution in [3.8, 4) is 0 Å². The second kappa shape index (κ2) is 7.53. The van der Waals surface area contributed by atoms with E-state index in [2.05, 4.69) is 75.1 Å².